The predicted octanol–water partition coefficient (Wildman–Crippen LogP) is 4.21. The van der Waals surface area contributed by atoms with Crippen LogP contribution in [0.3, 0.4) is 0 Å². The van der Waals surface area contributed by atoms with Gasteiger partial charge in [0.2, 0.25) is 0 Å². The van der Waals surface area contributed by atoms with Gasteiger partial charge in [-0.3, -0.25) is 0 Å². The molecule has 1 saturated heterocycles. The zero-order valence-corrected chi connectivity index (χ0v) is 17.8. The lowest BCUT2D eigenvalue weighted by molar-refractivity contribution is 0.0235. The lowest BCUT2D eigenvalue weighted by atomic mass is 9.76. The van der Waals surface area contributed by atoms with Crippen LogP contribution in [0.15, 0.2) is 54.6 Å². The average molecular weight is 418 g/mol. The maximum Gasteiger partial charge on any atom is 0.0701 e. The van der Waals surface area contributed by atoms with E-state index in [1.807, 2.05) is 12.1 Å². The summed E-state index contributed by atoms with van der Waals surface area (Å²) < 4.78 is 10.9. The molecule has 5 heteroatoms. The summed E-state index contributed by atoms with van der Waals surface area (Å²) in [5.74, 6) is 1.04. The van der Waals surface area contributed by atoms with E-state index in [9.17, 15) is 0 Å². The van der Waals surface area contributed by atoms with E-state index < -0.39 is 0 Å². The molecule has 2 aromatic rings. The van der Waals surface area contributed by atoms with Crippen molar-refractivity contribution < 1.29 is 14.6 Å². The van der Waals surface area contributed by atoms with Crippen LogP contribution in [0.1, 0.15) is 29.9 Å². The number of benzene rings is 2. The van der Waals surface area contributed by atoms with Gasteiger partial charge in [-0.1, -0.05) is 54.1 Å². The van der Waals surface area contributed by atoms with E-state index in [-0.39, 0.29) is 6.61 Å². The summed E-state index contributed by atoms with van der Waals surface area (Å²) in [4.78, 5) is 2.50. The first-order chi connectivity index (χ1) is 14.3. The highest BCUT2D eigenvalue weighted by Gasteiger charge is 2.28. The molecule has 0 aromatic heterocycles. The molecule has 0 amide bonds. The van der Waals surface area contributed by atoms with Crippen molar-refractivity contribution in [3.8, 4) is 0 Å². The van der Waals surface area contributed by atoms with Gasteiger partial charge in [-0.25, -0.2) is 0 Å². The van der Waals surface area contributed by atoms with Crippen molar-refractivity contribution in [2.24, 2.45) is 5.92 Å². The molecule has 2 aromatic carbocycles. The Morgan fingerprint density at radius 3 is 2.14 bits per heavy atom. The number of aliphatic hydroxyl groups excluding tert-OH is 1. The Labute approximate surface area is 179 Å². The highest BCUT2D eigenvalue weighted by Crippen LogP contribution is 2.38. The monoisotopic (exact) mass is 417 g/mol. The third kappa shape index (κ3) is 7.09. The smallest absolute Gasteiger partial charge is 0.0701 e. The molecular formula is C24H32ClNO3. The first-order valence-electron chi connectivity index (χ1n) is 10.6. The van der Waals surface area contributed by atoms with Crippen molar-refractivity contribution in [3.05, 3.63) is 70.7 Å². The molecule has 0 saturated carbocycles. The van der Waals surface area contributed by atoms with Crippen molar-refractivity contribution in [2.45, 2.75) is 18.8 Å². The van der Waals surface area contributed by atoms with Gasteiger partial charge in [0.25, 0.3) is 0 Å². The Bertz CT molecular complexity index is 687. The quantitative estimate of drug-likeness (QED) is 0.556. The average Bonchev–Trinajstić information content (AvgIpc) is 2.76. The largest absolute Gasteiger partial charge is 0.394 e. The number of nitrogens with zero attached hydrogens (tertiary/aromatic N) is 1. The Morgan fingerprint density at radius 1 is 0.862 bits per heavy atom. The fraction of sp³-hybridized carbons (Fsp3) is 0.500. The molecule has 158 valence electrons. The van der Waals surface area contributed by atoms with Crippen LogP contribution in [0.4, 0.5) is 0 Å². The second-order valence-corrected chi connectivity index (χ2v) is 8.00. The molecule has 1 heterocycles. The van der Waals surface area contributed by atoms with Gasteiger partial charge in [0.05, 0.1) is 33.0 Å². The van der Waals surface area contributed by atoms with Crippen LogP contribution >= 0.6 is 11.6 Å². The minimum Gasteiger partial charge on any atom is -0.394 e. The fourth-order valence-electron chi connectivity index (χ4n) is 4.16. The molecule has 0 bridgehead atoms. The number of aliphatic hydroxyl groups is 1. The van der Waals surface area contributed by atoms with Gasteiger partial charge in [-0.15, -0.1) is 0 Å². The van der Waals surface area contributed by atoms with Gasteiger partial charge < -0.3 is 19.5 Å². The zero-order valence-electron chi connectivity index (χ0n) is 17.0. The summed E-state index contributed by atoms with van der Waals surface area (Å²) in [5.41, 5.74) is 2.74. The molecule has 0 aliphatic carbocycles. The Kier molecular flexibility index (Phi) is 9.45. The Morgan fingerprint density at radius 2 is 1.48 bits per heavy atom. The molecule has 1 atom stereocenters. The van der Waals surface area contributed by atoms with E-state index in [1.165, 1.54) is 24.0 Å². The highest BCUT2D eigenvalue weighted by atomic mass is 35.5. The van der Waals surface area contributed by atoms with E-state index in [4.69, 9.17) is 26.2 Å². The number of hydrogen-bond donors (Lipinski definition) is 1. The van der Waals surface area contributed by atoms with Gasteiger partial charge in [-0.2, -0.15) is 0 Å². The first kappa shape index (κ1) is 22.3. The molecule has 1 N–H and O–H groups in total. The van der Waals surface area contributed by atoms with Crippen LogP contribution in [-0.2, 0) is 9.47 Å². The zero-order chi connectivity index (χ0) is 20.3. The van der Waals surface area contributed by atoms with Crippen LogP contribution in [0.5, 0.6) is 0 Å². The molecule has 1 fully saturated rings. The second kappa shape index (κ2) is 12.3. The van der Waals surface area contributed by atoms with Crippen LogP contribution < -0.4 is 0 Å². The minimum absolute atomic E-state index is 0.0644. The number of halogens is 1. The van der Waals surface area contributed by atoms with Gasteiger partial charge in [0, 0.05) is 17.5 Å². The number of hydrogen-bond acceptors (Lipinski definition) is 4. The molecule has 0 radical (unpaired) electrons. The number of rotatable bonds is 11. The number of likely N-dealkylation sites (tertiary alicyclic amines) is 1. The summed E-state index contributed by atoms with van der Waals surface area (Å²) >= 11 is 6.13. The highest BCUT2D eigenvalue weighted by molar-refractivity contribution is 6.30. The van der Waals surface area contributed by atoms with Crippen LogP contribution in [0.25, 0.3) is 0 Å². The van der Waals surface area contributed by atoms with Crippen LogP contribution in [0, 0.1) is 5.92 Å². The lowest BCUT2D eigenvalue weighted by Crippen LogP contribution is -2.37. The lowest BCUT2D eigenvalue weighted by Gasteiger charge is -2.36. The number of piperidine rings is 1. The summed E-state index contributed by atoms with van der Waals surface area (Å²) in [5, 5.41) is 9.47. The Hall–Kier alpha value is -1.43. The fourth-order valence-corrected chi connectivity index (χ4v) is 4.28. The van der Waals surface area contributed by atoms with Gasteiger partial charge >= 0.3 is 0 Å². The molecular weight excluding hydrogens is 386 g/mol. The Balaban J connectivity index is 1.51. The van der Waals surface area contributed by atoms with Gasteiger partial charge in [-0.05, 0) is 55.1 Å². The SMILES string of the molecule is OCCOCCOCCN1CCC(C(c2ccccc2)c2ccc(Cl)cc2)CC1. The summed E-state index contributed by atoms with van der Waals surface area (Å²) in [6.07, 6.45) is 2.36. The van der Waals surface area contributed by atoms with Crippen molar-refractivity contribution in [1.82, 2.24) is 4.90 Å². The van der Waals surface area contributed by atoms with Crippen molar-refractivity contribution in [1.29, 1.82) is 0 Å². The molecule has 1 unspecified atom stereocenters. The van der Waals surface area contributed by atoms with E-state index >= 15 is 0 Å². The second-order valence-electron chi connectivity index (χ2n) is 7.57. The molecule has 1 aliphatic heterocycles. The first-order valence-corrected chi connectivity index (χ1v) is 10.9. The van der Waals surface area contributed by atoms with Crippen LogP contribution in [0.2, 0.25) is 5.02 Å². The van der Waals surface area contributed by atoms with Gasteiger partial charge in [0.1, 0.15) is 0 Å². The number of ether oxygens (including phenoxy) is 2. The van der Waals surface area contributed by atoms with Crippen molar-refractivity contribution >= 4 is 11.6 Å². The standard InChI is InChI=1S/C24H32ClNO3/c25-23-8-6-21(7-9-23)24(20-4-2-1-3-5-20)22-10-12-26(13-11-22)14-16-28-18-19-29-17-15-27/h1-9,22,24,27H,10-19H2. The molecule has 29 heavy (non-hydrogen) atoms. The van der Waals surface area contributed by atoms with Crippen molar-refractivity contribution in [2.75, 3.05) is 52.7 Å². The van der Waals surface area contributed by atoms with Crippen LogP contribution in [-0.4, -0.2) is 62.7 Å². The summed E-state index contributed by atoms with van der Waals surface area (Å²) in [6.45, 7) is 5.47. The predicted molar refractivity (Wildman–Crippen MR) is 118 cm³/mol. The maximum atomic E-state index is 8.68. The minimum atomic E-state index is 0.0644. The molecule has 3 rings (SSSR count). The third-order valence-electron chi connectivity index (χ3n) is 5.65. The van der Waals surface area contributed by atoms with Crippen molar-refractivity contribution in [3.63, 3.8) is 0 Å². The molecule has 4 nitrogen and oxygen atoms in total. The summed E-state index contributed by atoms with van der Waals surface area (Å²) in [6, 6.07) is 19.2. The summed E-state index contributed by atoms with van der Waals surface area (Å²) in [7, 11) is 0. The third-order valence-corrected chi connectivity index (χ3v) is 5.90. The van der Waals surface area contributed by atoms with E-state index in [0.29, 0.717) is 31.7 Å². The van der Waals surface area contributed by atoms with Gasteiger partial charge in [0.15, 0.2) is 0 Å². The van der Waals surface area contributed by atoms with E-state index in [0.717, 1.165) is 31.3 Å². The van der Waals surface area contributed by atoms with E-state index in [1.54, 1.807) is 0 Å². The normalized spacial score (nSPS) is 16.8. The topological polar surface area (TPSA) is 41.9 Å². The maximum absolute atomic E-state index is 8.68. The molecule has 1 aliphatic rings. The van der Waals surface area contributed by atoms with E-state index in [2.05, 4.69) is 47.4 Å². The molecule has 0 spiro atoms.